The number of rotatable bonds is 6. The van der Waals surface area contributed by atoms with Crippen LogP contribution < -0.4 is 9.47 Å². The van der Waals surface area contributed by atoms with Gasteiger partial charge in [0, 0.05) is 13.1 Å². The molecular weight excluding hydrogens is 298 g/mol. The Labute approximate surface area is 144 Å². The summed E-state index contributed by atoms with van der Waals surface area (Å²) in [4.78, 5) is 2.29. The van der Waals surface area contributed by atoms with E-state index >= 15 is 0 Å². The van der Waals surface area contributed by atoms with Gasteiger partial charge in [-0.25, -0.2) is 0 Å². The van der Waals surface area contributed by atoms with Crippen LogP contribution in [-0.2, 0) is 13.0 Å². The van der Waals surface area contributed by atoms with Crippen LogP contribution in [0.1, 0.15) is 23.1 Å². The second-order valence-electron chi connectivity index (χ2n) is 6.27. The molecule has 3 nitrogen and oxygen atoms in total. The number of fused-ring (bicyclic) bond motifs is 1. The normalized spacial score (nSPS) is 13.8. The largest absolute Gasteiger partial charge is 0.497 e. The Balaban J connectivity index is 1.55. The van der Waals surface area contributed by atoms with Crippen molar-refractivity contribution in [3.8, 4) is 11.5 Å². The first-order chi connectivity index (χ1) is 11.7. The van der Waals surface area contributed by atoms with E-state index in [-0.39, 0.29) is 0 Å². The summed E-state index contributed by atoms with van der Waals surface area (Å²) in [5.74, 6) is 1.96. The number of ether oxygens (including phenoxy) is 2. The number of methoxy groups -OCH3 is 1. The van der Waals surface area contributed by atoms with E-state index in [1.54, 1.807) is 7.11 Å². The van der Waals surface area contributed by atoms with E-state index in [4.69, 9.17) is 9.47 Å². The molecule has 0 bridgehead atoms. The number of likely N-dealkylation sites (N-methyl/N-ethyl adjacent to an activating group) is 1. The molecule has 3 heteroatoms. The van der Waals surface area contributed by atoms with Gasteiger partial charge in [0.05, 0.1) is 13.7 Å². The van der Waals surface area contributed by atoms with E-state index in [9.17, 15) is 0 Å². The van der Waals surface area contributed by atoms with Gasteiger partial charge in [-0.1, -0.05) is 36.4 Å². The highest BCUT2D eigenvalue weighted by atomic mass is 16.5. The van der Waals surface area contributed by atoms with Gasteiger partial charge in [0.15, 0.2) is 0 Å². The quantitative estimate of drug-likeness (QED) is 0.796. The molecule has 2 aromatic carbocycles. The minimum Gasteiger partial charge on any atom is -0.497 e. The highest BCUT2D eigenvalue weighted by Crippen LogP contribution is 2.26. The van der Waals surface area contributed by atoms with E-state index in [0.717, 1.165) is 49.6 Å². The number of aryl methyl sites for hydroxylation is 1. The molecule has 0 saturated heterocycles. The van der Waals surface area contributed by atoms with Crippen molar-refractivity contribution in [1.82, 2.24) is 4.90 Å². The van der Waals surface area contributed by atoms with Gasteiger partial charge in [-0.15, -0.1) is 0 Å². The SMILES string of the molecule is COc1cccc(C=CCN(C)Cc2ccc3c(c2)OCCC3)c1. The van der Waals surface area contributed by atoms with E-state index < -0.39 is 0 Å². The van der Waals surface area contributed by atoms with Crippen molar-refractivity contribution in [3.63, 3.8) is 0 Å². The Morgan fingerprint density at radius 3 is 3.00 bits per heavy atom. The molecule has 24 heavy (non-hydrogen) atoms. The molecular formula is C21H25NO2. The number of hydrogen-bond acceptors (Lipinski definition) is 3. The van der Waals surface area contributed by atoms with Crippen molar-refractivity contribution in [2.24, 2.45) is 0 Å². The molecule has 0 fully saturated rings. The summed E-state index contributed by atoms with van der Waals surface area (Å²) in [5.41, 5.74) is 3.79. The van der Waals surface area contributed by atoms with Crippen molar-refractivity contribution in [2.45, 2.75) is 19.4 Å². The highest BCUT2D eigenvalue weighted by molar-refractivity contribution is 5.51. The van der Waals surface area contributed by atoms with Gasteiger partial charge >= 0.3 is 0 Å². The standard InChI is InChI=1S/C21H25NO2/c1-22(12-4-7-17-6-3-9-20(14-17)23-2)16-18-10-11-19-8-5-13-24-21(19)15-18/h3-4,6-7,9-11,14-15H,5,8,12-13,16H2,1-2H3. The third-order valence-corrected chi connectivity index (χ3v) is 4.25. The third kappa shape index (κ3) is 4.39. The van der Waals surface area contributed by atoms with Crippen molar-refractivity contribution in [3.05, 3.63) is 65.2 Å². The molecule has 1 aliphatic heterocycles. The molecule has 0 aliphatic carbocycles. The minimum absolute atomic E-state index is 0.843. The first-order valence-electron chi connectivity index (χ1n) is 8.48. The molecule has 2 aromatic rings. The zero-order valence-corrected chi connectivity index (χ0v) is 14.5. The average Bonchev–Trinajstić information content (AvgIpc) is 2.62. The lowest BCUT2D eigenvalue weighted by atomic mass is 10.0. The van der Waals surface area contributed by atoms with Crippen LogP contribution in [0.3, 0.4) is 0 Å². The Bertz CT molecular complexity index is 709. The van der Waals surface area contributed by atoms with Gasteiger partial charge in [0.2, 0.25) is 0 Å². The Morgan fingerprint density at radius 2 is 2.12 bits per heavy atom. The van der Waals surface area contributed by atoms with Gasteiger partial charge in [0.1, 0.15) is 11.5 Å². The summed E-state index contributed by atoms with van der Waals surface area (Å²) < 4.78 is 11.0. The van der Waals surface area contributed by atoms with Crippen molar-refractivity contribution >= 4 is 6.08 Å². The second kappa shape index (κ2) is 8.02. The maximum Gasteiger partial charge on any atom is 0.122 e. The Morgan fingerprint density at radius 1 is 1.21 bits per heavy atom. The summed E-state index contributed by atoms with van der Waals surface area (Å²) in [6.45, 7) is 2.66. The van der Waals surface area contributed by atoms with Gasteiger partial charge < -0.3 is 9.47 Å². The van der Waals surface area contributed by atoms with E-state index in [0.29, 0.717) is 0 Å². The first-order valence-corrected chi connectivity index (χ1v) is 8.48. The number of hydrogen-bond donors (Lipinski definition) is 0. The van der Waals surface area contributed by atoms with Crippen LogP contribution in [0.2, 0.25) is 0 Å². The molecule has 0 atom stereocenters. The maximum absolute atomic E-state index is 5.76. The fourth-order valence-corrected chi connectivity index (χ4v) is 2.97. The lowest BCUT2D eigenvalue weighted by Gasteiger charge is -2.20. The topological polar surface area (TPSA) is 21.7 Å². The minimum atomic E-state index is 0.843. The molecule has 1 aliphatic rings. The smallest absolute Gasteiger partial charge is 0.122 e. The predicted octanol–water partition coefficient (Wildman–Crippen LogP) is 4.17. The summed E-state index contributed by atoms with van der Waals surface area (Å²) >= 11 is 0. The second-order valence-corrected chi connectivity index (χ2v) is 6.27. The van der Waals surface area contributed by atoms with Crippen LogP contribution in [0.25, 0.3) is 6.08 Å². The highest BCUT2D eigenvalue weighted by Gasteiger charge is 2.11. The number of nitrogens with zero attached hydrogens (tertiary/aromatic N) is 1. The summed E-state index contributed by atoms with van der Waals surface area (Å²) in [5, 5.41) is 0. The van der Waals surface area contributed by atoms with Crippen LogP contribution in [0.15, 0.2) is 48.5 Å². The molecule has 0 spiro atoms. The van der Waals surface area contributed by atoms with Crippen molar-refractivity contribution in [2.75, 3.05) is 27.3 Å². The summed E-state index contributed by atoms with van der Waals surface area (Å²) in [7, 11) is 3.83. The van der Waals surface area contributed by atoms with Crippen LogP contribution in [0, 0.1) is 0 Å². The molecule has 0 aromatic heterocycles. The molecule has 0 N–H and O–H groups in total. The predicted molar refractivity (Wildman–Crippen MR) is 98.6 cm³/mol. The molecule has 0 unspecified atom stereocenters. The molecule has 0 amide bonds. The molecule has 1 heterocycles. The zero-order valence-electron chi connectivity index (χ0n) is 14.5. The summed E-state index contributed by atoms with van der Waals surface area (Å²) in [6.07, 6.45) is 6.58. The lowest BCUT2D eigenvalue weighted by Crippen LogP contribution is -2.18. The fraction of sp³-hybridized carbons (Fsp3) is 0.333. The van der Waals surface area contributed by atoms with Crippen LogP contribution in [0.4, 0.5) is 0 Å². The molecule has 0 radical (unpaired) electrons. The van der Waals surface area contributed by atoms with Gasteiger partial charge in [0.25, 0.3) is 0 Å². The van der Waals surface area contributed by atoms with Gasteiger partial charge in [-0.3, -0.25) is 4.90 Å². The maximum atomic E-state index is 5.76. The van der Waals surface area contributed by atoms with E-state index in [1.165, 1.54) is 11.1 Å². The molecule has 3 rings (SSSR count). The monoisotopic (exact) mass is 323 g/mol. The third-order valence-electron chi connectivity index (χ3n) is 4.25. The fourth-order valence-electron chi connectivity index (χ4n) is 2.97. The van der Waals surface area contributed by atoms with Crippen LogP contribution in [0.5, 0.6) is 11.5 Å². The van der Waals surface area contributed by atoms with Crippen LogP contribution >= 0.6 is 0 Å². The zero-order chi connectivity index (χ0) is 16.8. The van der Waals surface area contributed by atoms with Gasteiger partial charge in [-0.05, 0) is 54.8 Å². The van der Waals surface area contributed by atoms with Crippen molar-refractivity contribution in [1.29, 1.82) is 0 Å². The Kier molecular flexibility index (Phi) is 5.55. The summed E-state index contributed by atoms with van der Waals surface area (Å²) in [6, 6.07) is 14.7. The first kappa shape index (κ1) is 16.6. The lowest BCUT2D eigenvalue weighted by molar-refractivity contribution is 0.287. The van der Waals surface area contributed by atoms with E-state index in [1.807, 2.05) is 18.2 Å². The number of benzene rings is 2. The van der Waals surface area contributed by atoms with Crippen LogP contribution in [-0.4, -0.2) is 32.2 Å². The van der Waals surface area contributed by atoms with Gasteiger partial charge in [-0.2, -0.15) is 0 Å². The average molecular weight is 323 g/mol. The van der Waals surface area contributed by atoms with E-state index in [2.05, 4.69) is 48.4 Å². The molecule has 0 saturated carbocycles. The Hall–Kier alpha value is -2.26. The molecule has 126 valence electrons. The van der Waals surface area contributed by atoms with Crippen molar-refractivity contribution < 1.29 is 9.47 Å².